The van der Waals surface area contributed by atoms with Gasteiger partial charge in [-0.15, -0.1) is 6.58 Å². The molecule has 1 heteroatoms. The van der Waals surface area contributed by atoms with Gasteiger partial charge in [0.25, 0.3) is 0 Å². The van der Waals surface area contributed by atoms with E-state index in [1.54, 1.807) is 0 Å². The van der Waals surface area contributed by atoms with Gasteiger partial charge in [0.2, 0.25) is 0 Å². The van der Waals surface area contributed by atoms with Crippen LogP contribution in [0.25, 0.3) is 0 Å². The number of hydrogen-bond acceptors (Lipinski definition) is 1. The Balaban J connectivity index is 2.67. The molecule has 0 aliphatic carbocycles. The summed E-state index contributed by atoms with van der Waals surface area (Å²) in [7, 11) is 0. The average molecular weight is 203 g/mol. The number of benzene rings is 1. The molecule has 1 rings (SSSR count). The van der Waals surface area contributed by atoms with Crippen molar-refractivity contribution in [2.75, 3.05) is 6.54 Å². The van der Waals surface area contributed by atoms with E-state index in [-0.39, 0.29) is 0 Å². The maximum absolute atomic E-state index is 3.72. The molecule has 1 aromatic carbocycles. The van der Waals surface area contributed by atoms with Gasteiger partial charge in [-0.05, 0) is 44.9 Å². The summed E-state index contributed by atoms with van der Waals surface area (Å²) in [4.78, 5) is 0. The molecule has 1 N–H and O–H groups in total. The molecule has 1 aromatic rings. The maximum Gasteiger partial charge on any atom is 0.0294 e. The first-order chi connectivity index (χ1) is 7.15. The Bertz CT molecular complexity index is 328. The molecule has 0 amide bonds. The van der Waals surface area contributed by atoms with Crippen LogP contribution in [0.2, 0.25) is 0 Å². The second-order valence-corrected chi connectivity index (χ2v) is 4.11. The van der Waals surface area contributed by atoms with Gasteiger partial charge in [-0.1, -0.05) is 29.8 Å². The highest BCUT2D eigenvalue weighted by atomic mass is 14.9. The summed E-state index contributed by atoms with van der Waals surface area (Å²) in [6.07, 6.45) is 2.97. The van der Waals surface area contributed by atoms with Gasteiger partial charge in [0, 0.05) is 6.04 Å². The molecule has 0 saturated heterocycles. The zero-order chi connectivity index (χ0) is 11.3. The summed E-state index contributed by atoms with van der Waals surface area (Å²) in [5.41, 5.74) is 4.09. The SMILES string of the molecule is C=CCCNC(C)c1cc(C)ccc1C. The van der Waals surface area contributed by atoms with Crippen LogP contribution >= 0.6 is 0 Å². The van der Waals surface area contributed by atoms with Gasteiger partial charge in [0.15, 0.2) is 0 Å². The van der Waals surface area contributed by atoms with Gasteiger partial charge in [0.05, 0.1) is 0 Å². The van der Waals surface area contributed by atoms with Crippen LogP contribution in [-0.2, 0) is 0 Å². The maximum atomic E-state index is 3.72. The number of rotatable bonds is 5. The lowest BCUT2D eigenvalue weighted by Gasteiger charge is -2.16. The number of aryl methyl sites for hydroxylation is 2. The summed E-state index contributed by atoms with van der Waals surface area (Å²) in [6.45, 7) is 11.2. The third-order valence-electron chi connectivity index (χ3n) is 2.70. The monoisotopic (exact) mass is 203 g/mol. The van der Waals surface area contributed by atoms with Crippen LogP contribution in [-0.4, -0.2) is 6.54 Å². The first-order valence-electron chi connectivity index (χ1n) is 5.56. The first-order valence-corrected chi connectivity index (χ1v) is 5.56. The Labute approximate surface area is 93.2 Å². The van der Waals surface area contributed by atoms with Gasteiger partial charge in [0.1, 0.15) is 0 Å². The number of hydrogen-bond donors (Lipinski definition) is 1. The minimum absolute atomic E-state index is 0.421. The normalized spacial score (nSPS) is 12.5. The summed E-state index contributed by atoms with van der Waals surface area (Å²) < 4.78 is 0. The van der Waals surface area contributed by atoms with E-state index in [2.05, 4.69) is 50.9 Å². The molecule has 0 aliphatic rings. The van der Waals surface area contributed by atoms with Gasteiger partial charge in [-0.25, -0.2) is 0 Å². The molecule has 0 radical (unpaired) electrons. The molecule has 82 valence electrons. The molecule has 0 heterocycles. The lowest BCUT2D eigenvalue weighted by molar-refractivity contribution is 0.578. The van der Waals surface area contributed by atoms with E-state index in [0.29, 0.717) is 6.04 Å². The largest absolute Gasteiger partial charge is 0.310 e. The summed E-state index contributed by atoms with van der Waals surface area (Å²) in [6, 6.07) is 7.04. The quantitative estimate of drug-likeness (QED) is 0.570. The molecule has 0 spiro atoms. The van der Waals surface area contributed by atoms with Crippen LogP contribution < -0.4 is 5.32 Å². The van der Waals surface area contributed by atoms with Crippen LogP contribution in [0.1, 0.15) is 36.1 Å². The molecule has 0 fully saturated rings. The summed E-state index contributed by atoms with van der Waals surface area (Å²) >= 11 is 0. The number of nitrogens with one attached hydrogen (secondary N) is 1. The van der Waals surface area contributed by atoms with Crippen molar-refractivity contribution in [3.8, 4) is 0 Å². The Morgan fingerprint density at radius 3 is 2.80 bits per heavy atom. The third-order valence-corrected chi connectivity index (χ3v) is 2.70. The molecule has 1 atom stereocenters. The molecule has 1 nitrogen and oxygen atoms in total. The van der Waals surface area contributed by atoms with Crippen molar-refractivity contribution in [3.05, 3.63) is 47.5 Å². The zero-order valence-corrected chi connectivity index (χ0v) is 10.0. The lowest BCUT2D eigenvalue weighted by atomic mass is 10.00. The fraction of sp³-hybridized carbons (Fsp3) is 0.429. The van der Waals surface area contributed by atoms with Gasteiger partial charge >= 0.3 is 0 Å². The lowest BCUT2D eigenvalue weighted by Crippen LogP contribution is -2.20. The molecule has 1 unspecified atom stereocenters. The second-order valence-electron chi connectivity index (χ2n) is 4.11. The van der Waals surface area contributed by atoms with Crippen LogP contribution in [0.5, 0.6) is 0 Å². The third kappa shape index (κ3) is 3.52. The van der Waals surface area contributed by atoms with E-state index in [9.17, 15) is 0 Å². The standard InChI is InChI=1S/C14H21N/c1-5-6-9-15-13(4)14-10-11(2)7-8-12(14)3/h5,7-8,10,13,15H,1,6,9H2,2-4H3. The molecule has 0 saturated carbocycles. The second kappa shape index (κ2) is 5.72. The first kappa shape index (κ1) is 12.0. The van der Waals surface area contributed by atoms with Gasteiger partial charge < -0.3 is 5.32 Å². The van der Waals surface area contributed by atoms with Crippen LogP contribution in [0.4, 0.5) is 0 Å². The van der Waals surface area contributed by atoms with Crippen molar-refractivity contribution in [2.24, 2.45) is 0 Å². The average Bonchev–Trinajstić information content (AvgIpc) is 2.22. The van der Waals surface area contributed by atoms with Crippen molar-refractivity contribution in [3.63, 3.8) is 0 Å². The Kier molecular flexibility index (Phi) is 4.57. The smallest absolute Gasteiger partial charge is 0.0294 e. The van der Waals surface area contributed by atoms with E-state index < -0.39 is 0 Å². The van der Waals surface area contributed by atoms with Crippen molar-refractivity contribution >= 4 is 0 Å². The summed E-state index contributed by atoms with van der Waals surface area (Å²) in [5, 5.41) is 3.50. The van der Waals surface area contributed by atoms with Crippen molar-refractivity contribution in [2.45, 2.75) is 33.2 Å². The molecular formula is C14H21N. The van der Waals surface area contributed by atoms with Crippen LogP contribution in [0, 0.1) is 13.8 Å². The molecule has 0 aromatic heterocycles. The highest BCUT2D eigenvalue weighted by molar-refractivity contribution is 5.32. The highest BCUT2D eigenvalue weighted by Crippen LogP contribution is 2.18. The molecule has 0 aliphatic heterocycles. The minimum Gasteiger partial charge on any atom is -0.310 e. The van der Waals surface area contributed by atoms with Gasteiger partial charge in [-0.3, -0.25) is 0 Å². The van der Waals surface area contributed by atoms with E-state index in [1.807, 2.05) is 6.08 Å². The molecule has 15 heavy (non-hydrogen) atoms. The van der Waals surface area contributed by atoms with E-state index >= 15 is 0 Å². The van der Waals surface area contributed by atoms with E-state index in [0.717, 1.165) is 13.0 Å². The highest BCUT2D eigenvalue weighted by Gasteiger charge is 2.06. The van der Waals surface area contributed by atoms with Crippen LogP contribution in [0.15, 0.2) is 30.9 Å². The Hall–Kier alpha value is -1.08. The Morgan fingerprint density at radius 2 is 2.13 bits per heavy atom. The molecular weight excluding hydrogens is 182 g/mol. The predicted octanol–water partition coefficient (Wildman–Crippen LogP) is 3.53. The van der Waals surface area contributed by atoms with E-state index in [1.165, 1.54) is 16.7 Å². The fourth-order valence-corrected chi connectivity index (χ4v) is 1.74. The van der Waals surface area contributed by atoms with Crippen molar-refractivity contribution in [1.82, 2.24) is 5.32 Å². The van der Waals surface area contributed by atoms with E-state index in [4.69, 9.17) is 0 Å². The molecule has 0 bridgehead atoms. The Morgan fingerprint density at radius 1 is 1.40 bits per heavy atom. The topological polar surface area (TPSA) is 12.0 Å². The summed E-state index contributed by atoms with van der Waals surface area (Å²) in [5.74, 6) is 0. The van der Waals surface area contributed by atoms with Crippen molar-refractivity contribution < 1.29 is 0 Å². The minimum atomic E-state index is 0.421. The zero-order valence-electron chi connectivity index (χ0n) is 10.0. The van der Waals surface area contributed by atoms with Gasteiger partial charge in [-0.2, -0.15) is 0 Å². The predicted molar refractivity (Wildman–Crippen MR) is 67.1 cm³/mol. The fourth-order valence-electron chi connectivity index (χ4n) is 1.74. The van der Waals surface area contributed by atoms with Crippen LogP contribution in [0.3, 0.4) is 0 Å². The van der Waals surface area contributed by atoms with Crippen molar-refractivity contribution in [1.29, 1.82) is 0 Å².